The van der Waals surface area contributed by atoms with E-state index in [1.165, 1.54) is 0 Å². The second kappa shape index (κ2) is 5.53. The van der Waals surface area contributed by atoms with E-state index in [4.69, 9.17) is 14.0 Å². The largest absolute Gasteiger partial charge is 0.498 e. The minimum atomic E-state index is -0.540. The fraction of sp³-hybridized carbons (Fsp3) is 0.588. The summed E-state index contributed by atoms with van der Waals surface area (Å²) in [7, 11) is -0.540. The van der Waals surface area contributed by atoms with Crippen molar-refractivity contribution in [1.29, 1.82) is 0 Å². The molecule has 5 nitrogen and oxygen atoms in total. The number of carbonyl (C=O) groups excluding carboxylic acids is 1. The first-order valence-corrected chi connectivity index (χ1v) is 8.18. The van der Waals surface area contributed by atoms with E-state index in [0.29, 0.717) is 18.7 Å². The predicted octanol–water partition coefficient (Wildman–Crippen LogP) is 1.67. The zero-order valence-corrected chi connectivity index (χ0v) is 14.5. The Kier molecular flexibility index (Phi) is 3.93. The molecule has 2 heterocycles. The van der Waals surface area contributed by atoms with E-state index < -0.39 is 18.3 Å². The molecule has 2 aliphatic heterocycles. The molecule has 0 spiro atoms. The first-order valence-electron chi connectivity index (χ1n) is 8.18. The van der Waals surface area contributed by atoms with E-state index in [1.807, 2.05) is 46.8 Å². The van der Waals surface area contributed by atoms with Crippen LogP contribution in [0.3, 0.4) is 0 Å². The second-order valence-corrected chi connectivity index (χ2v) is 7.07. The van der Waals surface area contributed by atoms with Gasteiger partial charge in [0.15, 0.2) is 0 Å². The summed E-state index contributed by atoms with van der Waals surface area (Å²) in [6.45, 7) is 11.2. The molecule has 0 aliphatic carbocycles. The number of hydrogen-bond donors (Lipinski definition) is 1. The summed E-state index contributed by atoms with van der Waals surface area (Å²) in [4.78, 5) is 12.1. The minimum absolute atomic E-state index is 0.0490. The van der Waals surface area contributed by atoms with Crippen molar-refractivity contribution in [3.05, 3.63) is 23.3 Å². The van der Waals surface area contributed by atoms with E-state index >= 15 is 0 Å². The summed E-state index contributed by atoms with van der Waals surface area (Å²) in [5.74, 6) is 0.687. The molecule has 0 aromatic heterocycles. The molecule has 1 aromatic rings. The lowest BCUT2D eigenvalue weighted by molar-refractivity contribution is 0.00578. The van der Waals surface area contributed by atoms with Gasteiger partial charge in [-0.25, -0.2) is 0 Å². The maximum atomic E-state index is 12.1. The van der Waals surface area contributed by atoms with Gasteiger partial charge >= 0.3 is 7.12 Å². The van der Waals surface area contributed by atoms with Gasteiger partial charge < -0.3 is 19.4 Å². The lowest BCUT2D eigenvalue weighted by Gasteiger charge is -2.32. The van der Waals surface area contributed by atoms with Crippen LogP contribution in [0.25, 0.3) is 0 Å². The van der Waals surface area contributed by atoms with Crippen LogP contribution in [-0.4, -0.2) is 37.4 Å². The third kappa shape index (κ3) is 2.74. The van der Waals surface area contributed by atoms with Crippen molar-refractivity contribution < 1.29 is 18.8 Å². The quantitative estimate of drug-likeness (QED) is 0.862. The average Bonchev–Trinajstić information content (AvgIpc) is 2.67. The third-order valence-electron chi connectivity index (χ3n) is 4.97. The van der Waals surface area contributed by atoms with Crippen LogP contribution in [-0.2, 0) is 15.7 Å². The Bertz CT molecular complexity index is 626. The monoisotopic (exact) mass is 317 g/mol. The molecular formula is C17H24BNO4. The molecule has 0 unspecified atom stereocenters. The summed E-state index contributed by atoms with van der Waals surface area (Å²) in [5, 5.41) is 2.88. The summed E-state index contributed by atoms with van der Waals surface area (Å²) in [5.41, 5.74) is 1.61. The number of amides is 1. The average molecular weight is 317 g/mol. The molecule has 1 fully saturated rings. The lowest BCUT2D eigenvalue weighted by atomic mass is 9.76. The second-order valence-electron chi connectivity index (χ2n) is 7.07. The van der Waals surface area contributed by atoms with Crippen molar-refractivity contribution in [2.45, 2.75) is 52.2 Å². The molecule has 1 saturated heterocycles. The minimum Gasteiger partial charge on any atom is -0.494 e. The van der Waals surface area contributed by atoms with Gasteiger partial charge in [-0.05, 0) is 58.7 Å². The molecule has 124 valence electrons. The van der Waals surface area contributed by atoms with Crippen LogP contribution in [0.5, 0.6) is 5.75 Å². The molecule has 23 heavy (non-hydrogen) atoms. The van der Waals surface area contributed by atoms with E-state index in [0.717, 1.165) is 23.2 Å². The number of ether oxygens (including phenoxy) is 1. The molecule has 2 aliphatic rings. The molecule has 1 aromatic carbocycles. The Hall–Kier alpha value is -1.53. The van der Waals surface area contributed by atoms with Crippen LogP contribution >= 0.6 is 0 Å². The van der Waals surface area contributed by atoms with E-state index in [2.05, 4.69) is 5.32 Å². The summed E-state index contributed by atoms with van der Waals surface area (Å²) in [6.07, 6.45) is 0.810. The van der Waals surface area contributed by atoms with Crippen molar-refractivity contribution >= 4 is 18.5 Å². The van der Waals surface area contributed by atoms with Crippen LogP contribution in [0.2, 0.25) is 0 Å². The Labute approximate surface area is 137 Å². The van der Waals surface area contributed by atoms with Crippen molar-refractivity contribution in [3.63, 3.8) is 0 Å². The fourth-order valence-electron chi connectivity index (χ4n) is 2.90. The zero-order valence-electron chi connectivity index (χ0n) is 14.5. The number of benzene rings is 1. The molecular weight excluding hydrogens is 293 g/mol. The number of rotatable bonds is 3. The smallest absolute Gasteiger partial charge is 0.494 e. The van der Waals surface area contributed by atoms with Gasteiger partial charge in [0, 0.05) is 17.6 Å². The zero-order chi connectivity index (χ0) is 16.8. The molecule has 3 rings (SSSR count). The van der Waals surface area contributed by atoms with Gasteiger partial charge in [-0.3, -0.25) is 4.79 Å². The van der Waals surface area contributed by atoms with Crippen molar-refractivity contribution in [2.75, 3.05) is 13.2 Å². The molecule has 1 N–H and O–H groups in total. The van der Waals surface area contributed by atoms with Gasteiger partial charge in [-0.2, -0.15) is 0 Å². The van der Waals surface area contributed by atoms with Crippen molar-refractivity contribution in [1.82, 2.24) is 5.32 Å². The van der Waals surface area contributed by atoms with Crippen molar-refractivity contribution in [2.24, 2.45) is 0 Å². The van der Waals surface area contributed by atoms with Crippen LogP contribution in [0.15, 0.2) is 12.1 Å². The van der Waals surface area contributed by atoms with Gasteiger partial charge in [0.25, 0.3) is 5.91 Å². The lowest BCUT2D eigenvalue weighted by Crippen LogP contribution is -2.41. The third-order valence-corrected chi connectivity index (χ3v) is 4.97. The van der Waals surface area contributed by atoms with Gasteiger partial charge in [0.2, 0.25) is 0 Å². The molecule has 6 heteroatoms. The van der Waals surface area contributed by atoms with Crippen LogP contribution in [0.1, 0.15) is 50.5 Å². The van der Waals surface area contributed by atoms with Crippen LogP contribution in [0.4, 0.5) is 0 Å². The first-order chi connectivity index (χ1) is 10.7. The number of hydrogen-bond acceptors (Lipinski definition) is 4. The van der Waals surface area contributed by atoms with E-state index in [-0.39, 0.29) is 5.91 Å². The number of nitrogens with one attached hydrogen (secondary N) is 1. The Morgan fingerprint density at radius 1 is 1.22 bits per heavy atom. The molecule has 0 bridgehead atoms. The summed E-state index contributed by atoms with van der Waals surface area (Å²) < 4.78 is 18.1. The van der Waals surface area contributed by atoms with Crippen LogP contribution < -0.4 is 15.5 Å². The number of fused-ring (bicyclic) bond motifs is 1. The highest BCUT2D eigenvalue weighted by Gasteiger charge is 2.52. The highest BCUT2D eigenvalue weighted by Crippen LogP contribution is 2.37. The highest BCUT2D eigenvalue weighted by atomic mass is 16.7. The summed E-state index contributed by atoms with van der Waals surface area (Å²) in [6, 6.07) is 3.81. The number of carbonyl (C=O) groups is 1. The summed E-state index contributed by atoms with van der Waals surface area (Å²) >= 11 is 0. The fourth-order valence-corrected chi connectivity index (χ4v) is 2.90. The predicted molar refractivity (Wildman–Crippen MR) is 89.4 cm³/mol. The van der Waals surface area contributed by atoms with E-state index in [1.54, 1.807) is 0 Å². The van der Waals surface area contributed by atoms with Gasteiger partial charge in [0.1, 0.15) is 5.75 Å². The van der Waals surface area contributed by atoms with E-state index in [9.17, 15) is 4.79 Å². The maximum Gasteiger partial charge on any atom is 0.498 e. The SMILES string of the molecule is CCOc1cc2c(cc1B1OC(C)(C)C(C)(C)O1)C(=O)NCC2. The normalized spacial score (nSPS) is 21.8. The standard InChI is InChI=1S/C17H24BNO4/c1-6-21-14-9-11-7-8-19-15(20)12(11)10-13(14)18-22-16(2,3)17(4,5)23-18/h9-10H,6-8H2,1-5H3,(H,19,20). The van der Waals surface area contributed by atoms with Gasteiger partial charge in [-0.1, -0.05) is 0 Å². The molecule has 0 atom stereocenters. The van der Waals surface area contributed by atoms with Crippen LogP contribution in [0, 0.1) is 0 Å². The van der Waals surface area contributed by atoms with Crippen molar-refractivity contribution in [3.8, 4) is 5.75 Å². The first kappa shape index (κ1) is 16.3. The van der Waals surface area contributed by atoms with Gasteiger partial charge in [-0.15, -0.1) is 0 Å². The molecule has 1 amide bonds. The highest BCUT2D eigenvalue weighted by molar-refractivity contribution is 6.63. The van der Waals surface area contributed by atoms with Gasteiger partial charge in [0.05, 0.1) is 17.8 Å². The molecule has 0 saturated carbocycles. The Morgan fingerprint density at radius 2 is 1.87 bits per heavy atom. The Balaban J connectivity index is 2.04. The Morgan fingerprint density at radius 3 is 2.48 bits per heavy atom. The maximum absolute atomic E-state index is 12.1. The molecule has 0 radical (unpaired) electrons. The topological polar surface area (TPSA) is 56.8 Å².